The third-order valence-electron chi connectivity index (χ3n) is 4.61. The number of carboxylic acids is 1. The Labute approximate surface area is 184 Å². The van der Waals surface area contributed by atoms with Crippen LogP contribution in [0.25, 0.3) is 0 Å². The number of hydrogen-bond acceptors (Lipinski definition) is 4. The highest BCUT2D eigenvalue weighted by molar-refractivity contribution is 5.72. The highest BCUT2D eigenvalue weighted by atomic mass is 19.1. The quantitative estimate of drug-likeness (QED) is 0.529. The maximum absolute atomic E-state index is 14.3. The van der Waals surface area contributed by atoms with Crippen molar-refractivity contribution in [3.63, 3.8) is 0 Å². The number of alkyl halides is 1. The first-order chi connectivity index (χ1) is 14.5. The molecule has 170 valence electrons. The lowest BCUT2D eigenvalue weighted by Crippen LogP contribution is -2.29. The first-order valence-electron chi connectivity index (χ1n) is 10.5. The van der Waals surface area contributed by atoms with Crippen LogP contribution >= 0.6 is 0 Å². The Balaban J connectivity index is 1.84. The number of hydrogen-bond donors (Lipinski definition) is 1. The molecule has 0 spiro atoms. The minimum absolute atomic E-state index is 0.0505. The van der Waals surface area contributed by atoms with E-state index in [9.17, 15) is 14.3 Å². The topological polar surface area (TPSA) is 65.0 Å². The van der Waals surface area contributed by atoms with E-state index in [0.29, 0.717) is 11.5 Å². The van der Waals surface area contributed by atoms with Gasteiger partial charge in [0.25, 0.3) is 0 Å². The number of carboxylic acid groups (broad SMARTS) is 1. The molecule has 0 saturated heterocycles. The van der Waals surface area contributed by atoms with E-state index < -0.39 is 18.2 Å². The summed E-state index contributed by atoms with van der Waals surface area (Å²) in [7, 11) is 0. The molecule has 2 atom stereocenters. The Morgan fingerprint density at radius 3 is 2.16 bits per heavy atom. The molecule has 0 aliphatic carbocycles. The third kappa shape index (κ3) is 8.58. The normalized spacial score (nSPS) is 13.6. The third-order valence-corrected chi connectivity index (χ3v) is 4.61. The predicted octanol–water partition coefficient (Wildman–Crippen LogP) is 5.20. The second-order valence-electron chi connectivity index (χ2n) is 8.86. The minimum Gasteiger partial charge on any atom is -0.490 e. The fraction of sp³-hybridized carbons (Fsp3) is 0.480. The van der Waals surface area contributed by atoms with Crippen molar-refractivity contribution in [2.75, 3.05) is 13.2 Å². The summed E-state index contributed by atoms with van der Waals surface area (Å²) in [5.41, 5.74) is 1.98. The molecule has 0 aromatic heterocycles. The molecule has 6 heteroatoms. The number of ether oxygens (including phenoxy) is 3. The lowest BCUT2D eigenvalue weighted by Gasteiger charge is -2.19. The zero-order chi connectivity index (χ0) is 23.0. The Morgan fingerprint density at radius 2 is 1.61 bits per heavy atom. The molecular weight excluding hydrogens is 399 g/mol. The van der Waals surface area contributed by atoms with Crippen molar-refractivity contribution in [2.24, 2.45) is 0 Å². The molecule has 0 fully saturated rings. The van der Waals surface area contributed by atoms with E-state index in [-0.39, 0.29) is 31.2 Å². The molecule has 2 aromatic carbocycles. The van der Waals surface area contributed by atoms with Crippen molar-refractivity contribution in [1.82, 2.24) is 0 Å². The van der Waals surface area contributed by atoms with Gasteiger partial charge in [0.15, 0.2) is 12.3 Å². The molecule has 0 saturated carbocycles. The van der Waals surface area contributed by atoms with Crippen molar-refractivity contribution in [3.8, 4) is 11.5 Å². The number of rotatable bonds is 11. The average molecular weight is 433 g/mol. The second-order valence-corrected chi connectivity index (χ2v) is 8.86. The highest BCUT2D eigenvalue weighted by Crippen LogP contribution is 2.24. The molecule has 0 bridgehead atoms. The lowest BCUT2D eigenvalue weighted by molar-refractivity contribution is -0.153. The van der Waals surface area contributed by atoms with Gasteiger partial charge in [-0.15, -0.1) is 0 Å². The largest absolute Gasteiger partial charge is 0.490 e. The summed E-state index contributed by atoms with van der Waals surface area (Å²) in [5, 5.41) is 9.32. The van der Waals surface area contributed by atoms with Crippen molar-refractivity contribution in [3.05, 3.63) is 59.7 Å². The standard InChI is InChI=1S/C25H33FO5/c1-17(2)31-23(24(27)28)14-18-7-6-8-22(13-18)30-16-20(26)15-29-21-11-9-19(10-12-21)25(3,4)5/h6-13,17,20,23H,14-16H2,1-5H3,(H,27,28). The smallest absolute Gasteiger partial charge is 0.333 e. The van der Waals surface area contributed by atoms with E-state index in [4.69, 9.17) is 14.2 Å². The Bertz CT molecular complexity index is 827. The van der Waals surface area contributed by atoms with E-state index in [1.54, 1.807) is 38.1 Å². The minimum atomic E-state index is -1.30. The maximum atomic E-state index is 14.3. The summed E-state index contributed by atoms with van der Waals surface area (Å²) in [6, 6.07) is 14.6. The highest BCUT2D eigenvalue weighted by Gasteiger charge is 2.20. The van der Waals surface area contributed by atoms with E-state index in [2.05, 4.69) is 20.8 Å². The van der Waals surface area contributed by atoms with Crippen LogP contribution in [0.4, 0.5) is 4.39 Å². The molecular formula is C25H33FO5. The number of halogens is 1. The molecule has 0 radical (unpaired) electrons. The molecule has 2 aromatic rings. The van der Waals surface area contributed by atoms with E-state index in [1.165, 1.54) is 5.56 Å². The monoisotopic (exact) mass is 432 g/mol. The summed E-state index contributed by atoms with van der Waals surface area (Å²) in [6.45, 7) is 9.70. The van der Waals surface area contributed by atoms with Gasteiger partial charge in [0.2, 0.25) is 0 Å². The Hall–Kier alpha value is -2.60. The SMILES string of the molecule is CC(C)OC(Cc1cccc(OCC(F)COc2ccc(C(C)(C)C)cc2)c1)C(=O)O. The van der Waals surface area contributed by atoms with Gasteiger partial charge in [-0.3, -0.25) is 0 Å². The molecule has 0 aliphatic heterocycles. The fourth-order valence-corrected chi connectivity index (χ4v) is 2.97. The van der Waals surface area contributed by atoms with Crippen molar-refractivity contribution < 1.29 is 28.5 Å². The van der Waals surface area contributed by atoms with Gasteiger partial charge >= 0.3 is 5.97 Å². The molecule has 0 heterocycles. The van der Waals surface area contributed by atoms with Crippen LogP contribution in [-0.4, -0.2) is 42.7 Å². The zero-order valence-corrected chi connectivity index (χ0v) is 18.9. The van der Waals surface area contributed by atoms with Crippen LogP contribution in [0.5, 0.6) is 11.5 Å². The molecule has 0 amide bonds. The average Bonchev–Trinajstić information content (AvgIpc) is 2.70. The molecule has 1 N–H and O–H groups in total. The van der Waals surface area contributed by atoms with Crippen LogP contribution in [0.1, 0.15) is 45.7 Å². The van der Waals surface area contributed by atoms with Gasteiger partial charge in [-0.25, -0.2) is 9.18 Å². The van der Waals surface area contributed by atoms with Gasteiger partial charge in [0.05, 0.1) is 6.10 Å². The van der Waals surface area contributed by atoms with Crippen LogP contribution in [-0.2, 0) is 21.4 Å². The van der Waals surface area contributed by atoms with Gasteiger partial charge < -0.3 is 19.3 Å². The summed E-state index contributed by atoms with van der Waals surface area (Å²) in [6.07, 6.45) is -2.24. The molecule has 2 rings (SSSR count). The van der Waals surface area contributed by atoms with Gasteiger partial charge in [-0.05, 0) is 54.7 Å². The lowest BCUT2D eigenvalue weighted by atomic mass is 9.87. The van der Waals surface area contributed by atoms with Crippen molar-refractivity contribution in [1.29, 1.82) is 0 Å². The second kappa shape index (κ2) is 11.1. The predicted molar refractivity (Wildman–Crippen MR) is 119 cm³/mol. The van der Waals surface area contributed by atoms with E-state index >= 15 is 0 Å². The summed E-state index contributed by atoms with van der Waals surface area (Å²) < 4.78 is 30.8. The van der Waals surface area contributed by atoms with E-state index in [0.717, 1.165) is 5.56 Å². The summed E-state index contributed by atoms with van der Waals surface area (Å²) in [4.78, 5) is 11.4. The van der Waals surface area contributed by atoms with Crippen LogP contribution < -0.4 is 9.47 Å². The van der Waals surface area contributed by atoms with Crippen LogP contribution in [0, 0.1) is 0 Å². The van der Waals surface area contributed by atoms with Crippen LogP contribution in [0.2, 0.25) is 0 Å². The Morgan fingerprint density at radius 1 is 1.00 bits per heavy atom. The van der Waals surface area contributed by atoms with Crippen LogP contribution in [0.15, 0.2) is 48.5 Å². The van der Waals surface area contributed by atoms with E-state index in [1.807, 2.05) is 24.3 Å². The van der Waals surface area contributed by atoms with Crippen molar-refractivity contribution in [2.45, 2.75) is 64.8 Å². The number of aliphatic carboxylic acids is 1. The Kier molecular flexibility index (Phi) is 8.87. The number of benzene rings is 2. The van der Waals surface area contributed by atoms with Gasteiger partial charge in [0, 0.05) is 6.42 Å². The van der Waals surface area contributed by atoms with Gasteiger partial charge in [0.1, 0.15) is 24.7 Å². The number of carbonyl (C=O) groups is 1. The van der Waals surface area contributed by atoms with Crippen LogP contribution in [0.3, 0.4) is 0 Å². The molecule has 31 heavy (non-hydrogen) atoms. The first-order valence-corrected chi connectivity index (χ1v) is 10.5. The fourth-order valence-electron chi connectivity index (χ4n) is 2.97. The van der Waals surface area contributed by atoms with Gasteiger partial charge in [-0.2, -0.15) is 0 Å². The maximum Gasteiger partial charge on any atom is 0.333 e. The summed E-state index contributed by atoms with van der Waals surface area (Å²) >= 11 is 0. The summed E-state index contributed by atoms with van der Waals surface area (Å²) in [5.74, 6) is 0.0717. The van der Waals surface area contributed by atoms with Gasteiger partial charge in [-0.1, -0.05) is 45.0 Å². The van der Waals surface area contributed by atoms with Crippen molar-refractivity contribution >= 4 is 5.97 Å². The molecule has 0 aliphatic rings. The first kappa shape index (κ1) is 24.7. The zero-order valence-electron chi connectivity index (χ0n) is 18.9. The molecule has 2 unspecified atom stereocenters. The molecule has 5 nitrogen and oxygen atoms in total.